The zero-order valence-electron chi connectivity index (χ0n) is 20.0. The molecule has 0 spiro atoms. The molecule has 3 rings (SSSR count). The third kappa shape index (κ3) is 5.02. The lowest BCUT2D eigenvalue weighted by Gasteiger charge is -2.44. The Morgan fingerprint density at radius 1 is 1.10 bits per heavy atom. The van der Waals surface area contributed by atoms with Crippen LogP contribution in [0.4, 0.5) is 0 Å². The fourth-order valence-corrected chi connectivity index (χ4v) is 6.25. The molecular weight excluding hydrogens is 368 g/mol. The van der Waals surface area contributed by atoms with Gasteiger partial charge < -0.3 is 10.2 Å². The first-order valence-corrected chi connectivity index (χ1v) is 12.2. The summed E-state index contributed by atoms with van der Waals surface area (Å²) in [6.45, 7) is 15.0. The Balaban J connectivity index is 1.75. The van der Waals surface area contributed by atoms with Gasteiger partial charge in [-0.05, 0) is 94.0 Å². The SMILES string of the molecule is C=C1CC[C@@H](O)C/C1=C\C=C1/CCC[C@]2(C)[C@@H]([C@H](C)/C=C/[C@H](C)C(C)(C)O)CC[C@@H]12. The Labute approximate surface area is 184 Å². The van der Waals surface area contributed by atoms with Crippen LogP contribution in [0.2, 0.25) is 0 Å². The number of fused-ring (bicyclic) bond motifs is 1. The van der Waals surface area contributed by atoms with Crippen LogP contribution in [0.15, 0.2) is 47.6 Å². The largest absolute Gasteiger partial charge is 0.393 e. The van der Waals surface area contributed by atoms with Crippen LogP contribution in [0.25, 0.3) is 0 Å². The summed E-state index contributed by atoms with van der Waals surface area (Å²) in [6, 6.07) is 0. The van der Waals surface area contributed by atoms with Gasteiger partial charge in [0.1, 0.15) is 0 Å². The molecule has 2 nitrogen and oxygen atoms in total. The molecule has 0 aromatic carbocycles. The van der Waals surface area contributed by atoms with Crippen molar-refractivity contribution in [3.8, 4) is 0 Å². The molecule has 168 valence electrons. The number of aliphatic hydroxyl groups is 2. The minimum absolute atomic E-state index is 0.164. The van der Waals surface area contributed by atoms with Gasteiger partial charge in [-0.2, -0.15) is 0 Å². The summed E-state index contributed by atoms with van der Waals surface area (Å²) in [6.07, 6.45) is 18.0. The number of aliphatic hydroxyl groups excluding tert-OH is 1. The fourth-order valence-electron chi connectivity index (χ4n) is 6.25. The quantitative estimate of drug-likeness (QED) is 0.490. The van der Waals surface area contributed by atoms with Crippen LogP contribution in [0, 0.1) is 29.1 Å². The Hall–Kier alpha value is -1.12. The first kappa shape index (κ1) is 23.5. The van der Waals surface area contributed by atoms with Crippen LogP contribution in [0.5, 0.6) is 0 Å². The summed E-state index contributed by atoms with van der Waals surface area (Å²) >= 11 is 0. The van der Waals surface area contributed by atoms with Gasteiger partial charge in [-0.25, -0.2) is 0 Å². The van der Waals surface area contributed by atoms with Gasteiger partial charge in [0, 0.05) is 5.92 Å². The van der Waals surface area contributed by atoms with E-state index in [1.165, 1.54) is 43.3 Å². The number of rotatable bonds is 5. The zero-order chi connectivity index (χ0) is 22.1. The third-order valence-electron chi connectivity index (χ3n) is 8.68. The Kier molecular flexibility index (Phi) is 7.19. The maximum atomic E-state index is 10.3. The van der Waals surface area contributed by atoms with E-state index in [1.54, 1.807) is 5.57 Å². The van der Waals surface area contributed by atoms with E-state index in [9.17, 15) is 10.2 Å². The van der Waals surface area contributed by atoms with Gasteiger partial charge in [-0.15, -0.1) is 0 Å². The smallest absolute Gasteiger partial charge is 0.0651 e. The highest BCUT2D eigenvalue weighted by Gasteiger charge is 2.50. The fraction of sp³-hybridized carbons (Fsp3) is 0.714. The van der Waals surface area contributed by atoms with Crippen molar-refractivity contribution in [2.24, 2.45) is 29.1 Å². The molecule has 6 atom stereocenters. The lowest BCUT2D eigenvalue weighted by Crippen LogP contribution is -2.35. The molecule has 3 aliphatic rings. The molecule has 2 heteroatoms. The minimum Gasteiger partial charge on any atom is -0.393 e. The number of allylic oxidation sites excluding steroid dienone is 5. The van der Waals surface area contributed by atoms with E-state index >= 15 is 0 Å². The first-order chi connectivity index (χ1) is 14.0. The van der Waals surface area contributed by atoms with Gasteiger partial charge in [0.2, 0.25) is 0 Å². The van der Waals surface area contributed by atoms with Gasteiger partial charge >= 0.3 is 0 Å². The molecule has 3 saturated carbocycles. The van der Waals surface area contributed by atoms with Crippen molar-refractivity contribution in [3.05, 3.63) is 47.6 Å². The number of hydrogen-bond acceptors (Lipinski definition) is 2. The van der Waals surface area contributed by atoms with Crippen LogP contribution in [-0.4, -0.2) is 21.9 Å². The molecule has 2 N–H and O–H groups in total. The summed E-state index contributed by atoms with van der Waals surface area (Å²) in [7, 11) is 0. The highest BCUT2D eigenvalue weighted by atomic mass is 16.3. The van der Waals surface area contributed by atoms with Crippen molar-refractivity contribution in [2.75, 3.05) is 0 Å². The lowest BCUT2D eigenvalue weighted by atomic mass is 9.61. The highest BCUT2D eigenvalue weighted by molar-refractivity contribution is 5.36. The van der Waals surface area contributed by atoms with E-state index in [0.717, 1.165) is 19.3 Å². The van der Waals surface area contributed by atoms with Crippen LogP contribution < -0.4 is 0 Å². The second-order valence-electron chi connectivity index (χ2n) is 11.2. The Morgan fingerprint density at radius 3 is 2.53 bits per heavy atom. The number of hydrogen-bond donors (Lipinski definition) is 2. The van der Waals surface area contributed by atoms with Crippen molar-refractivity contribution >= 4 is 0 Å². The van der Waals surface area contributed by atoms with Gasteiger partial charge in [-0.3, -0.25) is 0 Å². The summed E-state index contributed by atoms with van der Waals surface area (Å²) in [5.74, 6) is 2.08. The average molecular weight is 413 g/mol. The second-order valence-corrected chi connectivity index (χ2v) is 11.2. The molecule has 30 heavy (non-hydrogen) atoms. The van der Waals surface area contributed by atoms with Gasteiger partial charge in [0.05, 0.1) is 11.7 Å². The Bertz CT molecular complexity index is 719. The van der Waals surface area contributed by atoms with Crippen molar-refractivity contribution < 1.29 is 10.2 Å². The van der Waals surface area contributed by atoms with Gasteiger partial charge in [0.15, 0.2) is 0 Å². The summed E-state index contributed by atoms with van der Waals surface area (Å²) < 4.78 is 0. The average Bonchev–Trinajstić information content (AvgIpc) is 3.03. The zero-order valence-corrected chi connectivity index (χ0v) is 20.0. The molecule has 0 aromatic heterocycles. The maximum Gasteiger partial charge on any atom is 0.0651 e. The maximum absolute atomic E-state index is 10.3. The Morgan fingerprint density at radius 2 is 1.83 bits per heavy atom. The molecule has 0 heterocycles. The van der Waals surface area contributed by atoms with E-state index in [0.29, 0.717) is 23.2 Å². The molecule has 0 bridgehead atoms. The van der Waals surface area contributed by atoms with Crippen LogP contribution >= 0.6 is 0 Å². The summed E-state index contributed by atoms with van der Waals surface area (Å²) in [5, 5.41) is 20.3. The van der Waals surface area contributed by atoms with E-state index in [1.807, 2.05) is 13.8 Å². The molecule has 3 fully saturated rings. The van der Waals surface area contributed by atoms with Gasteiger partial charge in [-0.1, -0.05) is 62.8 Å². The third-order valence-corrected chi connectivity index (χ3v) is 8.68. The van der Waals surface area contributed by atoms with E-state index in [4.69, 9.17) is 0 Å². The predicted octanol–water partition coefficient (Wildman–Crippen LogP) is 6.76. The first-order valence-electron chi connectivity index (χ1n) is 12.2. The van der Waals surface area contributed by atoms with Crippen LogP contribution in [0.1, 0.15) is 86.0 Å². The molecule has 0 saturated heterocycles. The molecule has 0 amide bonds. The summed E-state index contributed by atoms with van der Waals surface area (Å²) in [5.41, 5.74) is 3.78. The van der Waals surface area contributed by atoms with Crippen molar-refractivity contribution in [2.45, 2.75) is 97.7 Å². The van der Waals surface area contributed by atoms with Crippen molar-refractivity contribution in [1.29, 1.82) is 0 Å². The van der Waals surface area contributed by atoms with E-state index in [-0.39, 0.29) is 12.0 Å². The highest BCUT2D eigenvalue weighted by Crippen LogP contribution is 2.59. The lowest BCUT2D eigenvalue weighted by molar-refractivity contribution is 0.0436. The van der Waals surface area contributed by atoms with Crippen molar-refractivity contribution in [1.82, 2.24) is 0 Å². The molecule has 0 aromatic rings. The van der Waals surface area contributed by atoms with Gasteiger partial charge in [0.25, 0.3) is 0 Å². The predicted molar refractivity (Wildman–Crippen MR) is 127 cm³/mol. The molecule has 3 aliphatic carbocycles. The molecule has 0 radical (unpaired) electrons. The van der Waals surface area contributed by atoms with E-state index in [2.05, 4.69) is 51.7 Å². The van der Waals surface area contributed by atoms with Crippen molar-refractivity contribution in [3.63, 3.8) is 0 Å². The second kappa shape index (κ2) is 9.17. The summed E-state index contributed by atoms with van der Waals surface area (Å²) in [4.78, 5) is 0. The molecule has 0 unspecified atom stereocenters. The van der Waals surface area contributed by atoms with E-state index < -0.39 is 5.60 Å². The minimum atomic E-state index is -0.663. The normalized spacial score (nSPS) is 37.7. The molecule has 0 aliphatic heterocycles. The van der Waals surface area contributed by atoms with Crippen LogP contribution in [0.3, 0.4) is 0 Å². The monoisotopic (exact) mass is 412 g/mol. The molecular formula is C28H44O2. The van der Waals surface area contributed by atoms with Crippen LogP contribution in [-0.2, 0) is 0 Å². The topological polar surface area (TPSA) is 40.5 Å². The standard InChI is InChI=1S/C28H44O2/c1-19-10-14-24(29)18-23(19)13-12-22-8-7-17-28(6)25(15-16-26(22)28)20(2)9-11-21(3)27(4,5)30/h9,11-13,20-21,24-26,29-30H,1,7-8,10,14-18H2,2-6H3/b11-9+,22-12+,23-13+/t20-,21+,24-,25-,26+,28-/m1/s1.